The van der Waals surface area contributed by atoms with E-state index in [1.165, 1.54) is 154 Å². The van der Waals surface area contributed by atoms with Crippen molar-refractivity contribution in [3.63, 3.8) is 0 Å². The zero-order chi connectivity index (χ0) is 62.8. The smallest absolute Gasteiger partial charge is 0.462 e. The molecule has 2 unspecified atom stereocenters. The van der Waals surface area contributed by atoms with E-state index < -0.39 is 97.5 Å². The molecule has 0 spiro atoms. The van der Waals surface area contributed by atoms with Crippen LogP contribution in [0.4, 0.5) is 0 Å². The number of carbonyl (C=O) groups is 4. The van der Waals surface area contributed by atoms with Crippen LogP contribution in [0.2, 0.25) is 0 Å². The number of ether oxygens (including phenoxy) is 4. The number of hydrogen-bond donors (Lipinski definition) is 3. The van der Waals surface area contributed by atoms with E-state index in [9.17, 15) is 43.2 Å². The molecule has 0 aromatic heterocycles. The van der Waals surface area contributed by atoms with Gasteiger partial charge in [0.1, 0.15) is 19.3 Å². The second kappa shape index (κ2) is 59.7. The highest BCUT2D eigenvalue weighted by Gasteiger charge is 2.30. The fourth-order valence-electron chi connectivity index (χ4n) is 9.94. The average Bonchev–Trinajstić information content (AvgIpc) is 3.60. The molecular weight excluding hydrogens is 1130 g/mol. The molecule has 0 aliphatic carbocycles. The summed E-state index contributed by atoms with van der Waals surface area (Å²) >= 11 is 0. The number of phosphoric ester groups is 2. The molecule has 19 heteroatoms. The molecule has 5 atom stereocenters. The molecule has 0 aromatic rings. The van der Waals surface area contributed by atoms with Crippen molar-refractivity contribution in [2.45, 2.75) is 355 Å². The van der Waals surface area contributed by atoms with Crippen LogP contribution in [0.25, 0.3) is 0 Å². The van der Waals surface area contributed by atoms with Crippen molar-refractivity contribution >= 4 is 39.5 Å². The van der Waals surface area contributed by atoms with Crippen LogP contribution < -0.4 is 0 Å². The lowest BCUT2D eigenvalue weighted by Crippen LogP contribution is -2.30. The van der Waals surface area contributed by atoms with Gasteiger partial charge in [-0.25, -0.2) is 9.13 Å². The second-order valence-corrected chi connectivity index (χ2v) is 27.2. The van der Waals surface area contributed by atoms with Crippen molar-refractivity contribution in [3.05, 3.63) is 0 Å². The van der Waals surface area contributed by atoms with Crippen LogP contribution in [-0.2, 0) is 65.4 Å². The first-order valence-corrected chi connectivity index (χ1v) is 37.6. The van der Waals surface area contributed by atoms with Gasteiger partial charge in [0.25, 0.3) is 0 Å². The summed E-state index contributed by atoms with van der Waals surface area (Å²) < 4.78 is 67.9. The highest BCUT2D eigenvalue weighted by Crippen LogP contribution is 2.45. The molecule has 0 amide bonds. The number of aliphatic hydroxyl groups excluding tert-OH is 1. The van der Waals surface area contributed by atoms with E-state index in [1.54, 1.807) is 0 Å². The summed E-state index contributed by atoms with van der Waals surface area (Å²) in [6.45, 7) is 7.04. The molecular formula is C66H128O17P2. The second-order valence-electron chi connectivity index (χ2n) is 24.3. The Bertz CT molecular complexity index is 1650. The minimum atomic E-state index is -4.95. The van der Waals surface area contributed by atoms with Gasteiger partial charge in [-0.1, -0.05) is 285 Å². The van der Waals surface area contributed by atoms with Crippen molar-refractivity contribution in [3.8, 4) is 0 Å². The normalized spacial score (nSPS) is 14.2. The van der Waals surface area contributed by atoms with Gasteiger partial charge in [-0.2, -0.15) is 0 Å². The Morgan fingerprint density at radius 1 is 0.318 bits per heavy atom. The Kier molecular flexibility index (Phi) is 58.3. The van der Waals surface area contributed by atoms with Crippen LogP contribution in [0.1, 0.15) is 336 Å². The van der Waals surface area contributed by atoms with E-state index in [1.807, 2.05) is 0 Å². The fraction of sp³-hybridized carbons (Fsp3) is 0.939. The molecule has 85 heavy (non-hydrogen) atoms. The van der Waals surface area contributed by atoms with Crippen molar-refractivity contribution in [1.82, 2.24) is 0 Å². The van der Waals surface area contributed by atoms with E-state index in [-0.39, 0.29) is 25.7 Å². The predicted octanol–water partition coefficient (Wildman–Crippen LogP) is 18.6. The maximum absolute atomic E-state index is 13.0. The van der Waals surface area contributed by atoms with Crippen molar-refractivity contribution in [2.24, 2.45) is 5.92 Å². The molecule has 0 saturated heterocycles. The first kappa shape index (κ1) is 83.1. The van der Waals surface area contributed by atoms with Gasteiger partial charge in [0.2, 0.25) is 0 Å². The van der Waals surface area contributed by atoms with Gasteiger partial charge in [0, 0.05) is 25.7 Å². The topological polar surface area (TPSA) is 237 Å². The van der Waals surface area contributed by atoms with Gasteiger partial charge in [-0.3, -0.25) is 37.3 Å². The summed E-state index contributed by atoms with van der Waals surface area (Å²) in [7, 11) is -9.88. The van der Waals surface area contributed by atoms with Crippen LogP contribution in [0.15, 0.2) is 0 Å². The summed E-state index contributed by atoms with van der Waals surface area (Å²) in [5, 5.41) is 10.5. The number of unbranched alkanes of at least 4 members (excludes halogenated alkanes) is 38. The standard InChI is InChI=1S/C66H128O17P2/c1-6-9-12-15-17-19-21-23-25-26-27-29-31-33-35-41-46-51-65(70)82-62(56-77-64(69)50-45-40-34-32-30-28-24-22-20-18-16-13-10-7-2)58-81-85(74,75)79-54-60(67)53-78-84(72,73)80-57-61(55-76-63(68)49-44-38-14-11-8-3)83-66(71)52-47-42-37-36-39-43-48-59(4)5/h59-62,67H,6-58H2,1-5H3,(H,72,73)(H,74,75)/t60-,61+,62+/m0/s1. The molecule has 0 aliphatic rings. The minimum Gasteiger partial charge on any atom is -0.462 e. The Morgan fingerprint density at radius 3 is 0.800 bits per heavy atom. The van der Waals surface area contributed by atoms with Gasteiger partial charge in [-0.15, -0.1) is 0 Å². The van der Waals surface area contributed by atoms with E-state index >= 15 is 0 Å². The largest absolute Gasteiger partial charge is 0.472 e. The van der Waals surface area contributed by atoms with E-state index in [4.69, 9.17) is 37.0 Å². The number of carbonyl (C=O) groups excluding carboxylic acids is 4. The van der Waals surface area contributed by atoms with Gasteiger partial charge < -0.3 is 33.8 Å². The van der Waals surface area contributed by atoms with Crippen molar-refractivity contribution in [1.29, 1.82) is 0 Å². The van der Waals surface area contributed by atoms with Gasteiger partial charge in [0.05, 0.1) is 26.4 Å². The van der Waals surface area contributed by atoms with Gasteiger partial charge in [-0.05, 0) is 31.6 Å². The summed E-state index contributed by atoms with van der Waals surface area (Å²) in [5.74, 6) is -1.47. The van der Waals surface area contributed by atoms with Crippen LogP contribution in [0, 0.1) is 5.92 Å². The summed E-state index contributed by atoms with van der Waals surface area (Å²) in [5.41, 5.74) is 0. The molecule has 504 valence electrons. The third kappa shape index (κ3) is 60.7. The first-order valence-electron chi connectivity index (χ1n) is 34.6. The molecule has 0 radical (unpaired) electrons. The highest BCUT2D eigenvalue weighted by molar-refractivity contribution is 7.47. The monoisotopic (exact) mass is 1250 g/mol. The molecule has 0 aliphatic heterocycles. The Hall–Kier alpha value is -1.94. The molecule has 0 aromatic carbocycles. The van der Waals surface area contributed by atoms with Crippen LogP contribution in [0.5, 0.6) is 0 Å². The highest BCUT2D eigenvalue weighted by atomic mass is 31.2. The molecule has 0 fully saturated rings. The minimum absolute atomic E-state index is 0.101. The number of rotatable bonds is 66. The third-order valence-electron chi connectivity index (χ3n) is 15.3. The average molecular weight is 1260 g/mol. The number of esters is 4. The zero-order valence-corrected chi connectivity index (χ0v) is 56.5. The Balaban J connectivity index is 5.15. The summed E-state index contributed by atoms with van der Waals surface area (Å²) in [4.78, 5) is 72.0. The maximum Gasteiger partial charge on any atom is 0.472 e. The van der Waals surface area contributed by atoms with Gasteiger partial charge >= 0.3 is 39.5 Å². The molecule has 0 bridgehead atoms. The predicted molar refractivity (Wildman–Crippen MR) is 340 cm³/mol. The van der Waals surface area contributed by atoms with Crippen molar-refractivity contribution in [2.75, 3.05) is 39.6 Å². The SMILES string of the molecule is CCCCCCCCCCCCCCCCCCCC(=O)O[C@H](COC(=O)CCCCCCCCCCCCCCCC)COP(=O)(O)OC[C@@H](O)COP(=O)(O)OC[C@@H](COC(=O)CCCCCCC)OC(=O)CCCCCCCCC(C)C. The maximum atomic E-state index is 13.0. The Morgan fingerprint density at radius 2 is 0.541 bits per heavy atom. The number of aliphatic hydroxyl groups is 1. The molecule has 3 N–H and O–H groups in total. The molecule has 17 nitrogen and oxygen atoms in total. The number of phosphoric acid groups is 2. The number of hydrogen-bond acceptors (Lipinski definition) is 15. The van der Waals surface area contributed by atoms with E-state index in [0.717, 1.165) is 96.3 Å². The molecule has 0 rings (SSSR count). The lowest BCUT2D eigenvalue weighted by atomic mass is 10.0. The van der Waals surface area contributed by atoms with Crippen molar-refractivity contribution < 1.29 is 80.2 Å². The summed E-state index contributed by atoms with van der Waals surface area (Å²) in [6, 6.07) is 0. The van der Waals surface area contributed by atoms with Crippen LogP contribution in [-0.4, -0.2) is 96.7 Å². The third-order valence-corrected chi connectivity index (χ3v) is 17.2. The van der Waals surface area contributed by atoms with E-state index in [2.05, 4.69) is 34.6 Å². The van der Waals surface area contributed by atoms with Gasteiger partial charge in [0.15, 0.2) is 12.2 Å². The lowest BCUT2D eigenvalue weighted by molar-refractivity contribution is -0.161. The van der Waals surface area contributed by atoms with Crippen LogP contribution in [0.3, 0.4) is 0 Å². The zero-order valence-electron chi connectivity index (χ0n) is 54.7. The Labute approximate surface area is 517 Å². The van der Waals surface area contributed by atoms with Crippen LogP contribution >= 0.6 is 15.6 Å². The summed E-state index contributed by atoms with van der Waals surface area (Å²) in [6.07, 6.45) is 45.0. The lowest BCUT2D eigenvalue weighted by Gasteiger charge is -2.21. The molecule has 0 heterocycles. The fourth-order valence-corrected chi connectivity index (χ4v) is 11.5. The first-order chi connectivity index (χ1) is 41.0. The molecule has 0 saturated carbocycles. The quantitative estimate of drug-likeness (QED) is 0.0222. The van der Waals surface area contributed by atoms with E-state index in [0.29, 0.717) is 31.6 Å².